The van der Waals surface area contributed by atoms with Crippen LogP contribution in [0, 0.1) is 0 Å². The van der Waals surface area contributed by atoms with Crippen LogP contribution in [0.5, 0.6) is 11.5 Å². The van der Waals surface area contributed by atoms with E-state index in [1.54, 1.807) is 30.2 Å². The number of amides is 1. The number of carbonyl (C=O) groups excluding carboxylic acids is 1. The summed E-state index contributed by atoms with van der Waals surface area (Å²) in [5.41, 5.74) is 0.132. The molecule has 1 heterocycles. The average Bonchev–Trinajstić information content (AvgIpc) is 2.45. The number of rotatable bonds is 2. The van der Waals surface area contributed by atoms with Crippen LogP contribution in [0.4, 0.5) is 4.79 Å². The third-order valence-corrected chi connectivity index (χ3v) is 3.47. The molecule has 1 aromatic carbocycles. The highest BCUT2D eigenvalue weighted by molar-refractivity contribution is 5.69. The summed E-state index contributed by atoms with van der Waals surface area (Å²) >= 11 is 0. The van der Waals surface area contributed by atoms with Crippen molar-refractivity contribution >= 4 is 6.09 Å². The molecule has 0 radical (unpaired) electrons. The molecule has 1 fully saturated rings. The summed E-state index contributed by atoms with van der Waals surface area (Å²) < 4.78 is 10.6. The minimum atomic E-state index is -0.547. The Kier molecular flexibility index (Phi) is 4.81. The third kappa shape index (κ3) is 3.82. The number of ether oxygens (including phenoxy) is 2. The SMILES string of the molecule is COc1ccc(C2CNCCN2C(=O)OC(C)(C)C)c(O)c1. The fourth-order valence-electron chi connectivity index (χ4n) is 2.45. The van der Waals surface area contributed by atoms with Crippen molar-refractivity contribution < 1.29 is 19.4 Å². The molecule has 1 aliphatic heterocycles. The van der Waals surface area contributed by atoms with Crippen LogP contribution in [-0.4, -0.2) is 48.4 Å². The summed E-state index contributed by atoms with van der Waals surface area (Å²) in [7, 11) is 1.55. The van der Waals surface area contributed by atoms with Gasteiger partial charge in [-0.15, -0.1) is 0 Å². The predicted octanol–water partition coefficient (Wildman–Crippen LogP) is 2.28. The number of phenolic OH excluding ortho intramolecular Hbond substituents is 1. The summed E-state index contributed by atoms with van der Waals surface area (Å²) in [6.07, 6.45) is -0.366. The van der Waals surface area contributed by atoms with Crippen LogP contribution in [0.1, 0.15) is 32.4 Å². The number of piperazine rings is 1. The van der Waals surface area contributed by atoms with Gasteiger partial charge in [0.15, 0.2) is 0 Å². The number of aromatic hydroxyl groups is 1. The zero-order valence-electron chi connectivity index (χ0n) is 13.5. The molecule has 1 aliphatic rings. The first-order valence-electron chi connectivity index (χ1n) is 7.39. The van der Waals surface area contributed by atoms with Crippen LogP contribution >= 0.6 is 0 Å². The highest BCUT2D eigenvalue weighted by Crippen LogP contribution is 2.33. The van der Waals surface area contributed by atoms with Crippen molar-refractivity contribution in [3.63, 3.8) is 0 Å². The lowest BCUT2D eigenvalue weighted by Crippen LogP contribution is -2.50. The largest absolute Gasteiger partial charge is 0.507 e. The van der Waals surface area contributed by atoms with Gasteiger partial charge in [-0.05, 0) is 32.9 Å². The maximum absolute atomic E-state index is 12.4. The second-order valence-electron chi connectivity index (χ2n) is 6.32. The third-order valence-electron chi connectivity index (χ3n) is 3.47. The first kappa shape index (κ1) is 16.4. The van der Waals surface area contributed by atoms with Crippen molar-refractivity contribution in [2.75, 3.05) is 26.7 Å². The van der Waals surface area contributed by atoms with Gasteiger partial charge in [-0.3, -0.25) is 4.90 Å². The van der Waals surface area contributed by atoms with Gasteiger partial charge in [-0.25, -0.2) is 4.79 Å². The Bertz CT molecular complexity index is 539. The van der Waals surface area contributed by atoms with Crippen LogP contribution in [0.3, 0.4) is 0 Å². The molecule has 1 unspecified atom stereocenters. The van der Waals surface area contributed by atoms with Crippen LogP contribution in [0.2, 0.25) is 0 Å². The number of nitrogens with one attached hydrogen (secondary N) is 1. The van der Waals surface area contributed by atoms with E-state index >= 15 is 0 Å². The van der Waals surface area contributed by atoms with Gasteiger partial charge in [0.05, 0.1) is 13.2 Å². The number of phenols is 1. The summed E-state index contributed by atoms with van der Waals surface area (Å²) in [4.78, 5) is 14.1. The number of benzene rings is 1. The maximum atomic E-state index is 12.4. The Morgan fingerprint density at radius 2 is 2.14 bits per heavy atom. The van der Waals surface area contributed by atoms with E-state index in [0.717, 1.165) is 0 Å². The smallest absolute Gasteiger partial charge is 0.410 e. The van der Waals surface area contributed by atoms with Gasteiger partial charge >= 0.3 is 6.09 Å². The van der Waals surface area contributed by atoms with Crippen molar-refractivity contribution in [1.29, 1.82) is 0 Å². The Balaban J connectivity index is 2.24. The first-order valence-corrected chi connectivity index (χ1v) is 7.39. The van der Waals surface area contributed by atoms with Crippen LogP contribution in [0.25, 0.3) is 0 Å². The van der Waals surface area contributed by atoms with E-state index in [1.165, 1.54) is 0 Å². The Labute approximate surface area is 131 Å². The predicted molar refractivity (Wildman–Crippen MR) is 83.2 cm³/mol. The molecular weight excluding hydrogens is 284 g/mol. The van der Waals surface area contributed by atoms with Crippen molar-refractivity contribution in [3.05, 3.63) is 23.8 Å². The van der Waals surface area contributed by atoms with Gasteiger partial charge in [0.25, 0.3) is 0 Å². The van der Waals surface area contributed by atoms with E-state index in [0.29, 0.717) is 30.9 Å². The molecule has 6 nitrogen and oxygen atoms in total. The molecule has 0 aromatic heterocycles. The molecule has 2 rings (SSSR count). The van der Waals surface area contributed by atoms with Gasteiger partial charge in [0.1, 0.15) is 17.1 Å². The molecule has 0 bridgehead atoms. The number of nitrogens with zero attached hydrogens (tertiary/aromatic N) is 1. The number of hydrogen-bond donors (Lipinski definition) is 2. The van der Waals surface area contributed by atoms with Crippen LogP contribution in [-0.2, 0) is 4.74 Å². The molecule has 1 amide bonds. The summed E-state index contributed by atoms with van der Waals surface area (Å²) in [6, 6.07) is 4.84. The van der Waals surface area contributed by atoms with Crippen LogP contribution < -0.4 is 10.1 Å². The van der Waals surface area contributed by atoms with Gasteiger partial charge < -0.3 is 19.9 Å². The zero-order chi connectivity index (χ0) is 16.3. The first-order chi connectivity index (χ1) is 10.3. The van der Waals surface area contributed by atoms with Gasteiger partial charge in [0, 0.05) is 31.3 Å². The Morgan fingerprint density at radius 3 is 2.73 bits per heavy atom. The molecule has 22 heavy (non-hydrogen) atoms. The van der Waals surface area contributed by atoms with Crippen LogP contribution in [0.15, 0.2) is 18.2 Å². The normalized spacial score (nSPS) is 18.9. The van der Waals surface area contributed by atoms with E-state index in [-0.39, 0.29) is 17.9 Å². The topological polar surface area (TPSA) is 71.0 Å². The molecule has 1 atom stereocenters. The molecule has 0 saturated carbocycles. The zero-order valence-corrected chi connectivity index (χ0v) is 13.5. The summed E-state index contributed by atoms with van der Waals surface area (Å²) in [6.45, 7) is 7.32. The second-order valence-corrected chi connectivity index (χ2v) is 6.32. The second kappa shape index (κ2) is 6.44. The molecule has 0 aliphatic carbocycles. The molecule has 0 spiro atoms. The lowest BCUT2D eigenvalue weighted by atomic mass is 10.0. The summed E-state index contributed by atoms with van der Waals surface area (Å²) in [5.74, 6) is 0.690. The lowest BCUT2D eigenvalue weighted by molar-refractivity contribution is 0.0116. The monoisotopic (exact) mass is 308 g/mol. The molecule has 2 N–H and O–H groups in total. The molecular formula is C16H24N2O4. The summed E-state index contributed by atoms with van der Waals surface area (Å²) in [5, 5.41) is 13.5. The van der Waals surface area contributed by atoms with Crippen molar-refractivity contribution in [3.8, 4) is 11.5 Å². The number of methoxy groups -OCH3 is 1. The van der Waals surface area contributed by atoms with Crippen molar-refractivity contribution in [2.24, 2.45) is 0 Å². The quantitative estimate of drug-likeness (QED) is 0.877. The number of hydrogen-bond acceptors (Lipinski definition) is 5. The van der Waals surface area contributed by atoms with E-state index in [2.05, 4.69) is 5.32 Å². The standard InChI is InChI=1S/C16H24N2O4/c1-16(2,3)22-15(20)18-8-7-17-10-13(18)12-6-5-11(21-4)9-14(12)19/h5-6,9,13,17,19H,7-8,10H2,1-4H3. The fourth-order valence-corrected chi connectivity index (χ4v) is 2.45. The minimum absolute atomic E-state index is 0.113. The molecule has 1 aromatic rings. The molecule has 6 heteroatoms. The Morgan fingerprint density at radius 1 is 1.41 bits per heavy atom. The molecule has 1 saturated heterocycles. The average molecular weight is 308 g/mol. The van der Waals surface area contributed by atoms with E-state index in [4.69, 9.17) is 9.47 Å². The van der Waals surface area contributed by atoms with Crippen molar-refractivity contribution in [1.82, 2.24) is 10.2 Å². The molecule has 122 valence electrons. The van der Waals surface area contributed by atoms with Crippen molar-refractivity contribution in [2.45, 2.75) is 32.4 Å². The maximum Gasteiger partial charge on any atom is 0.410 e. The highest BCUT2D eigenvalue weighted by Gasteiger charge is 2.32. The van der Waals surface area contributed by atoms with Gasteiger partial charge in [0.2, 0.25) is 0 Å². The van der Waals surface area contributed by atoms with Gasteiger partial charge in [-0.2, -0.15) is 0 Å². The Hall–Kier alpha value is -1.95. The number of carbonyl (C=O) groups is 1. The van der Waals surface area contributed by atoms with E-state index in [9.17, 15) is 9.90 Å². The lowest BCUT2D eigenvalue weighted by Gasteiger charge is -2.37. The minimum Gasteiger partial charge on any atom is -0.507 e. The van der Waals surface area contributed by atoms with Gasteiger partial charge in [-0.1, -0.05) is 0 Å². The highest BCUT2D eigenvalue weighted by atomic mass is 16.6. The fraction of sp³-hybridized carbons (Fsp3) is 0.562. The van der Waals surface area contributed by atoms with E-state index in [1.807, 2.05) is 20.8 Å². The van der Waals surface area contributed by atoms with E-state index < -0.39 is 5.60 Å².